The molecule has 0 heterocycles. The van der Waals surface area contributed by atoms with Crippen molar-refractivity contribution in [3.8, 4) is 0 Å². The number of nitrogens with one attached hydrogen (secondary N) is 1. The van der Waals surface area contributed by atoms with Crippen molar-refractivity contribution in [2.75, 3.05) is 6.54 Å². The zero-order chi connectivity index (χ0) is 12.5. The van der Waals surface area contributed by atoms with Crippen molar-refractivity contribution in [3.63, 3.8) is 0 Å². The molecule has 4 heteroatoms. The summed E-state index contributed by atoms with van der Waals surface area (Å²) in [6.07, 6.45) is 10.4. The molecule has 1 aliphatic carbocycles. The summed E-state index contributed by atoms with van der Waals surface area (Å²) in [6.45, 7) is 2.86. The minimum Gasteiger partial charge on any atom is -0.353 e. The van der Waals surface area contributed by atoms with Gasteiger partial charge in [0, 0.05) is 12.5 Å². The molecule has 0 bridgehead atoms. The van der Waals surface area contributed by atoms with Gasteiger partial charge in [0.25, 0.3) is 0 Å². The van der Waals surface area contributed by atoms with Crippen LogP contribution in [0.1, 0.15) is 64.7 Å². The predicted octanol–water partition coefficient (Wildman–Crippen LogP) is 3.01. The van der Waals surface area contributed by atoms with Gasteiger partial charge in [0.1, 0.15) is 0 Å². The average molecular weight is 277 g/mol. The van der Waals surface area contributed by atoms with E-state index in [0.29, 0.717) is 19.0 Å². The van der Waals surface area contributed by atoms with E-state index in [0.717, 1.165) is 12.3 Å². The molecule has 1 amide bonds. The number of carbonyl (C=O) groups is 1. The number of hydrogen-bond donors (Lipinski definition) is 2. The Labute approximate surface area is 118 Å². The van der Waals surface area contributed by atoms with Crippen LogP contribution in [0.2, 0.25) is 0 Å². The number of halogens is 1. The second-order valence-electron chi connectivity index (χ2n) is 5.32. The number of rotatable bonds is 7. The second-order valence-corrected chi connectivity index (χ2v) is 5.32. The molecule has 0 spiro atoms. The highest BCUT2D eigenvalue weighted by Crippen LogP contribution is 2.28. The Balaban J connectivity index is 0.00000289. The minimum atomic E-state index is 0. The van der Waals surface area contributed by atoms with Gasteiger partial charge in [-0.3, -0.25) is 4.79 Å². The Morgan fingerprint density at radius 1 is 1.22 bits per heavy atom. The monoisotopic (exact) mass is 276 g/mol. The molecule has 0 aromatic heterocycles. The Morgan fingerprint density at radius 2 is 1.89 bits per heavy atom. The molecule has 0 aromatic carbocycles. The molecule has 0 atom stereocenters. The molecule has 18 heavy (non-hydrogen) atoms. The highest BCUT2D eigenvalue weighted by molar-refractivity contribution is 5.85. The summed E-state index contributed by atoms with van der Waals surface area (Å²) in [4.78, 5) is 11.6. The van der Waals surface area contributed by atoms with Gasteiger partial charge in [-0.25, -0.2) is 0 Å². The van der Waals surface area contributed by atoms with Crippen LogP contribution in [0, 0.1) is 5.92 Å². The normalized spacial score (nSPS) is 23.2. The van der Waals surface area contributed by atoms with Crippen molar-refractivity contribution in [2.45, 2.75) is 70.8 Å². The first kappa shape index (κ1) is 17.7. The topological polar surface area (TPSA) is 55.1 Å². The lowest BCUT2D eigenvalue weighted by Crippen LogP contribution is -2.37. The van der Waals surface area contributed by atoms with Gasteiger partial charge >= 0.3 is 0 Å². The third-order valence-corrected chi connectivity index (χ3v) is 3.79. The van der Waals surface area contributed by atoms with Gasteiger partial charge in [0.05, 0.1) is 0 Å². The fourth-order valence-corrected chi connectivity index (χ4v) is 2.65. The first-order valence-electron chi connectivity index (χ1n) is 7.25. The van der Waals surface area contributed by atoms with Gasteiger partial charge in [-0.05, 0) is 44.6 Å². The van der Waals surface area contributed by atoms with E-state index in [1.807, 2.05) is 0 Å². The molecule has 3 nitrogen and oxygen atoms in total. The molecule has 3 N–H and O–H groups in total. The lowest BCUT2D eigenvalue weighted by atomic mass is 9.83. The van der Waals surface area contributed by atoms with Crippen molar-refractivity contribution in [1.82, 2.24) is 5.32 Å². The highest BCUT2D eigenvalue weighted by atomic mass is 35.5. The summed E-state index contributed by atoms with van der Waals surface area (Å²) >= 11 is 0. The Kier molecular flexibility index (Phi) is 10.5. The van der Waals surface area contributed by atoms with Crippen molar-refractivity contribution >= 4 is 18.3 Å². The van der Waals surface area contributed by atoms with E-state index in [1.165, 1.54) is 44.9 Å². The van der Waals surface area contributed by atoms with Gasteiger partial charge in [0.15, 0.2) is 0 Å². The van der Waals surface area contributed by atoms with Gasteiger partial charge in [-0.1, -0.05) is 26.2 Å². The molecule has 0 aliphatic heterocycles. The van der Waals surface area contributed by atoms with E-state index in [2.05, 4.69) is 12.2 Å². The zero-order valence-electron chi connectivity index (χ0n) is 11.6. The van der Waals surface area contributed by atoms with Crippen molar-refractivity contribution in [2.24, 2.45) is 11.7 Å². The summed E-state index contributed by atoms with van der Waals surface area (Å²) in [7, 11) is 0. The third-order valence-electron chi connectivity index (χ3n) is 3.79. The number of amides is 1. The van der Waals surface area contributed by atoms with E-state index >= 15 is 0 Å². The summed E-state index contributed by atoms with van der Waals surface area (Å²) < 4.78 is 0. The number of carbonyl (C=O) groups excluding carboxylic acids is 1. The molecular weight excluding hydrogens is 248 g/mol. The van der Waals surface area contributed by atoms with Gasteiger partial charge < -0.3 is 11.1 Å². The van der Waals surface area contributed by atoms with Crippen LogP contribution in [0.15, 0.2) is 0 Å². The first-order valence-corrected chi connectivity index (χ1v) is 7.25. The van der Waals surface area contributed by atoms with Gasteiger partial charge in [0.2, 0.25) is 5.91 Å². The van der Waals surface area contributed by atoms with Crippen LogP contribution in [0.5, 0.6) is 0 Å². The summed E-state index contributed by atoms with van der Waals surface area (Å²) in [5, 5.41) is 3.14. The van der Waals surface area contributed by atoms with E-state index in [1.54, 1.807) is 0 Å². The van der Waals surface area contributed by atoms with Crippen LogP contribution in [0.3, 0.4) is 0 Å². The zero-order valence-corrected chi connectivity index (χ0v) is 12.4. The SMILES string of the molecule is CCCCC1CCC(NC(=O)CCCN)CC1.Cl. The smallest absolute Gasteiger partial charge is 0.220 e. The fraction of sp³-hybridized carbons (Fsp3) is 0.929. The molecule has 108 valence electrons. The number of hydrogen-bond acceptors (Lipinski definition) is 2. The van der Waals surface area contributed by atoms with Crippen LogP contribution in [-0.4, -0.2) is 18.5 Å². The van der Waals surface area contributed by atoms with Gasteiger partial charge in [-0.15, -0.1) is 12.4 Å². The van der Waals surface area contributed by atoms with E-state index in [9.17, 15) is 4.79 Å². The summed E-state index contributed by atoms with van der Waals surface area (Å²) in [5.41, 5.74) is 5.39. The van der Waals surface area contributed by atoms with Crippen LogP contribution in [0.25, 0.3) is 0 Å². The van der Waals surface area contributed by atoms with E-state index in [-0.39, 0.29) is 18.3 Å². The van der Waals surface area contributed by atoms with Crippen LogP contribution >= 0.6 is 12.4 Å². The molecular formula is C14H29ClN2O. The van der Waals surface area contributed by atoms with Crippen LogP contribution in [0.4, 0.5) is 0 Å². The molecule has 0 radical (unpaired) electrons. The van der Waals surface area contributed by atoms with E-state index in [4.69, 9.17) is 5.73 Å². The van der Waals surface area contributed by atoms with Crippen LogP contribution < -0.4 is 11.1 Å². The van der Waals surface area contributed by atoms with Crippen molar-refractivity contribution < 1.29 is 4.79 Å². The lowest BCUT2D eigenvalue weighted by Gasteiger charge is -2.29. The quantitative estimate of drug-likeness (QED) is 0.751. The summed E-state index contributed by atoms with van der Waals surface area (Å²) in [5.74, 6) is 1.10. The van der Waals surface area contributed by atoms with Crippen molar-refractivity contribution in [1.29, 1.82) is 0 Å². The molecule has 0 aromatic rings. The minimum absolute atomic E-state index is 0. The largest absolute Gasteiger partial charge is 0.353 e. The van der Waals surface area contributed by atoms with Crippen molar-refractivity contribution in [3.05, 3.63) is 0 Å². The predicted molar refractivity (Wildman–Crippen MR) is 79.0 cm³/mol. The van der Waals surface area contributed by atoms with Crippen LogP contribution in [-0.2, 0) is 4.79 Å². The standard InChI is InChI=1S/C14H28N2O.ClH/c1-2-3-5-12-7-9-13(10-8-12)16-14(17)6-4-11-15;/h12-13H,2-11,15H2,1H3,(H,16,17);1H. The number of unbranched alkanes of at least 4 members (excludes halogenated alkanes) is 1. The Morgan fingerprint density at radius 3 is 2.44 bits per heavy atom. The number of nitrogens with two attached hydrogens (primary N) is 1. The maximum atomic E-state index is 11.6. The lowest BCUT2D eigenvalue weighted by molar-refractivity contribution is -0.122. The molecule has 1 saturated carbocycles. The highest BCUT2D eigenvalue weighted by Gasteiger charge is 2.21. The third kappa shape index (κ3) is 7.22. The fourth-order valence-electron chi connectivity index (χ4n) is 2.65. The maximum Gasteiger partial charge on any atom is 0.220 e. The first-order chi connectivity index (χ1) is 8.26. The summed E-state index contributed by atoms with van der Waals surface area (Å²) in [6, 6.07) is 0.429. The maximum absolute atomic E-state index is 11.6. The molecule has 0 unspecified atom stereocenters. The molecule has 1 rings (SSSR count). The van der Waals surface area contributed by atoms with E-state index < -0.39 is 0 Å². The molecule has 1 fully saturated rings. The Bertz CT molecular complexity index is 216. The van der Waals surface area contributed by atoms with Gasteiger partial charge in [-0.2, -0.15) is 0 Å². The second kappa shape index (κ2) is 10.6. The Hall–Kier alpha value is -0.280. The molecule has 1 aliphatic rings. The molecule has 0 saturated heterocycles. The average Bonchev–Trinajstić information content (AvgIpc) is 2.35.